The molecule has 1 aromatic heterocycles. The number of hydrogen-bond donors (Lipinski definition) is 1. The summed E-state index contributed by atoms with van der Waals surface area (Å²) in [5, 5.41) is 7.14. The normalized spacial score (nSPS) is 10.8. The molecule has 0 fully saturated rings. The van der Waals surface area contributed by atoms with Gasteiger partial charge < -0.3 is 10.1 Å². The SMILES string of the molecule is CCNCc1nc(COCc2cccc(Cl)c2)cs1. The molecule has 0 aliphatic heterocycles. The zero-order valence-corrected chi connectivity index (χ0v) is 12.4. The Morgan fingerprint density at radius 3 is 3.05 bits per heavy atom. The summed E-state index contributed by atoms with van der Waals surface area (Å²) in [6, 6.07) is 7.71. The standard InChI is InChI=1S/C14H17ClN2OS/c1-2-16-7-14-17-13(10-19-14)9-18-8-11-4-3-5-12(15)6-11/h3-6,10,16H,2,7-9H2,1H3. The molecule has 0 amide bonds. The van der Waals surface area contributed by atoms with E-state index in [1.807, 2.05) is 29.6 Å². The van der Waals surface area contributed by atoms with Gasteiger partial charge in [-0.3, -0.25) is 0 Å². The lowest BCUT2D eigenvalue weighted by atomic mass is 10.2. The smallest absolute Gasteiger partial charge is 0.107 e. The Labute approximate surface area is 122 Å². The quantitative estimate of drug-likeness (QED) is 0.847. The van der Waals surface area contributed by atoms with Crippen LogP contribution in [-0.4, -0.2) is 11.5 Å². The van der Waals surface area contributed by atoms with Gasteiger partial charge in [0, 0.05) is 16.9 Å². The van der Waals surface area contributed by atoms with Gasteiger partial charge in [-0.1, -0.05) is 30.7 Å². The Morgan fingerprint density at radius 2 is 2.26 bits per heavy atom. The van der Waals surface area contributed by atoms with Crippen molar-refractivity contribution in [1.82, 2.24) is 10.3 Å². The van der Waals surface area contributed by atoms with Crippen molar-refractivity contribution in [2.45, 2.75) is 26.7 Å². The van der Waals surface area contributed by atoms with E-state index in [-0.39, 0.29) is 0 Å². The zero-order chi connectivity index (χ0) is 13.5. The average molecular weight is 297 g/mol. The van der Waals surface area contributed by atoms with E-state index in [1.54, 1.807) is 11.3 Å². The van der Waals surface area contributed by atoms with Crippen molar-refractivity contribution in [1.29, 1.82) is 0 Å². The Kier molecular flexibility index (Phi) is 5.79. The number of nitrogens with zero attached hydrogens (tertiary/aromatic N) is 1. The summed E-state index contributed by atoms with van der Waals surface area (Å²) in [7, 11) is 0. The third-order valence-electron chi connectivity index (χ3n) is 2.53. The Morgan fingerprint density at radius 1 is 1.37 bits per heavy atom. The van der Waals surface area contributed by atoms with Gasteiger partial charge in [-0.05, 0) is 24.2 Å². The number of aromatic nitrogens is 1. The first kappa shape index (κ1) is 14.5. The van der Waals surface area contributed by atoms with Crippen LogP contribution in [0.15, 0.2) is 29.6 Å². The largest absolute Gasteiger partial charge is 0.370 e. The predicted octanol–water partition coefficient (Wildman–Crippen LogP) is 3.62. The van der Waals surface area contributed by atoms with Gasteiger partial charge in [0.25, 0.3) is 0 Å². The molecule has 1 heterocycles. The van der Waals surface area contributed by atoms with Gasteiger partial charge in [0.2, 0.25) is 0 Å². The second kappa shape index (κ2) is 7.60. The molecular weight excluding hydrogens is 280 g/mol. The van der Waals surface area contributed by atoms with Gasteiger partial charge in [0.15, 0.2) is 0 Å². The highest BCUT2D eigenvalue weighted by Gasteiger charge is 2.02. The van der Waals surface area contributed by atoms with Crippen LogP contribution in [0.4, 0.5) is 0 Å². The first-order valence-electron chi connectivity index (χ1n) is 6.24. The van der Waals surface area contributed by atoms with Crippen LogP contribution in [-0.2, 0) is 24.5 Å². The number of nitrogens with one attached hydrogen (secondary N) is 1. The van der Waals surface area contributed by atoms with Crippen LogP contribution < -0.4 is 5.32 Å². The summed E-state index contributed by atoms with van der Waals surface area (Å²) >= 11 is 7.58. The number of thiazole rings is 1. The molecule has 2 aromatic rings. The van der Waals surface area contributed by atoms with Crippen molar-refractivity contribution in [2.75, 3.05) is 6.54 Å². The van der Waals surface area contributed by atoms with E-state index in [1.165, 1.54) is 0 Å². The molecule has 0 radical (unpaired) electrons. The molecule has 0 unspecified atom stereocenters. The van der Waals surface area contributed by atoms with Gasteiger partial charge in [-0.2, -0.15) is 0 Å². The highest BCUT2D eigenvalue weighted by molar-refractivity contribution is 7.09. The predicted molar refractivity (Wildman–Crippen MR) is 79.4 cm³/mol. The zero-order valence-electron chi connectivity index (χ0n) is 10.9. The van der Waals surface area contributed by atoms with E-state index in [2.05, 4.69) is 17.2 Å². The molecule has 1 aromatic carbocycles. The fourth-order valence-electron chi connectivity index (χ4n) is 1.63. The molecule has 102 valence electrons. The van der Waals surface area contributed by atoms with Crippen LogP contribution in [0.25, 0.3) is 0 Å². The van der Waals surface area contributed by atoms with Gasteiger partial charge in [-0.15, -0.1) is 11.3 Å². The first-order chi connectivity index (χ1) is 9.28. The van der Waals surface area contributed by atoms with Crippen LogP contribution in [0, 0.1) is 0 Å². The van der Waals surface area contributed by atoms with Crippen molar-refractivity contribution < 1.29 is 4.74 Å². The van der Waals surface area contributed by atoms with Crippen LogP contribution in [0.2, 0.25) is 5.02 Å². The molecule has 2 rings (SSSR count). The number of hydrogen-bond acceptors (Lipinski definition) is 4. The van der Waals surface area contributed by atoms with E-state index in [9.17, 15) is 0 Å². The highest BCUT2D eigenvalue weighted by Crippen LogP contribution is 2.14. The molecule has 0 atom stereocenters. The lowest BCUT2D eigenvalue weighted by Crippen LogP contribution is -2.11. The molecule has 0 spiro atoms. The minimum absolute atomic E-state index is 0.537. The second-order valence-electron chi connectivity index (χ2n) is 4.14. The van der Waals surface area contributed by atoms with Crippen LogP contribution in [0.1, 0.15) is 23.2 Å². The van der Waals surface area contributed by atoms with Crippen molar-refractivity contribution in [3.8, 4) is 0 Å². The Hall–Kier alpha value is -0.940. The maximum atomic E-state index is 5.92. The van der Waals surface area contributed by atoms with Crippen molar-refractivity contribution >= 4 is 22.9 Å². The first-order valence-corrected chi connectivity index (χ1v) is 7.50. The second-order valence-corrected chi connectivity index (χ2v) is 5.51. The molecule has 1 N–H and O–H groups in total. The molecule has 3 nitrogen and oxygen atoms in total. The fourth-order valence-corrected chi connectivity index (χ4v) is 2.59. The summed E-state index contributed by atoms with van der Waals surface area (Å²) in [4.78, 5) is 4.50. The Bertz CT molecular complexity index is 516. The molecular formula is C14H17ClN2OS. The van der Waals surface area contributed by atoms with E-state index < -0.39 is 0 Å². The van der Waals surface area contributed by atoms with Crippen LogP contribution in [0.3, 0.4) is 0 Å². The van der Waals surface area contributed by atoms with E-state index >= 15 is 0 Å². The maximum absolute atomic E-state index is 5.92. The van der Waals surface area contributed by atoms with Crippen LogP contribution in [0.5, 0.6) is 0 Å². The van der Waals surface area contributed by atoms with E-state index in [4.69, 9.17) is 16.3 Å². The summed E-state index contributed by atoms with van der Waals surface area (Å²) in [6.07, 6.45) is 0. The van der Waals surface area contributed by atoms with Crippen LogP contribution >= 0.6 is 22.9 Å². The molecule has 0 saturated carbocycles. The van der Waals surface area contributed by atoms with Gasteiger partial charge in [0.1, 0.15) is 5.01 Å². The third kappa shape index (κ3) is 4.91. The highest BCUT2D eigenvalue weighted by atomic mass is 35.5. The number of ether oxygens (including phenoxy) is 1. The minimum Gasteiger partial charge on any atom is -0.370 e. The number of halogens is 1. The molecule has 0 saturated heterocycles. The van der Waals surface area contributed by atoms with Crippen molar-refractivity contribution in [3.05, 3.63) is 50.9 Å². The lowest BCUT2D eigenvalue weighted by molar-refractivity contribution is 0.105. The average Bonchev–Trinajstić information content (AvgIpc) is 2.84. The summed E-state index contributed by atoms with van der Waals surface area (Å²) in [6.45, 7) is 4.97. The summed E-state index contributed by atoms with van der Waals surface area (Å²) < 4.78 is 5.64. The molecule has 0 aliphatic rings. The summed E-state index contributed by atoms with van der Waals surface area (Å²) in [5.74, 6) is 0. The Balaban J connectivity index is 1.77. The topological polar surface area (TPSA) is 34.2 Å². The van der Waals surface area contributed by atoms with E-state index in [0.29, 0.717) is 13.2 Å². The summed E-state index contributed by atoms with van der Waals surface area (Å²) in [5.41, 5.74) is 2.07. The molecule has 0 bridgehead atoms. The molecule has 0 aliphatic carbocycles. The van der Waals surface area contributed by atoms with Crippen molar-refractivity contribution in [2.24, 2.45) is 0 Å². The van der Waals surface area contributed by atoms with Gasteiger partial charge in [-0.25, -0.2) is 4.98 Å². The number of rotatable bonds is 7. The fraction of sp³-hybridized carbons (Fsp3) is 0.357. The minimum atomic E-state index is 0.537. The lowest BCUT2D eigenvalue weighted by Gasteiger charge is -2.03. The maximum Gasteiger partial charge on any atom is 0.107 e. The van der Waals surface area contributed by atoms with Gasteiger partial charge >= 0.3 is 0 Å². The van der Waals surface area contributed by atoms with E-state index in [0.717, 1.165) is 34.4 Å². The third-order valence-corrected chi connectivity index (χ3v) is 3.67. The van der Waals surface area contributed by atoms with Crippen molar-refractivity contribution in [3.63, 3.8) is 0 Å². The number of benzene rings is 1. The molecule has 19 heavy (non-hydrogen) atoms. The monoisotopic (exact) mass is 296 g/mol. The molecule has 5 heteroatoms. The van der Waals surface area contributed by atoms with Gasteiger partial charge in [0.05, 0.1) is 18.9 Å².